The molecular formula is C31H39NO4. The van der Waals surface area contributed by atoms with Gasteiger partial charge in [-0.3, -0.25) is 9.69 Å². The molecule has 0 radical (unpaired) electrons. The fourth-order valence-corrected chi connectivity index (χ4v) is 4.37. The molecule has 3 rings (SSSR count). The molecule has 0 amide bonds. The number of hydrogen-bond acceptors (Lipinski definition) is 4. The summed E-state index contributed by atoms with van der Waals surface area (Å²) in [6, 6.07) is 12.3. The smallest absolute Gasteiger partial charge is 0.335 e. The number of carboxylic acid groups (broad SMARTS) is 1. The lowest BCUT2D eigenvalue weighted by molar-refractivity contribution is 0.0696. The van der Waals surface area contributed by atoms with Gasteiger partial charge in [-0.25, -0.2) is 4.79 Å². The molecule has 0 fully saturated rings. The second kappa shape index (κ2) is 13.8. The van der Waals surface area contributed by atoms with Gasteiger partial charge in [0, 0.05) is 23.9 Å². The standard InChI is InChI=1S/C31H39NO4/c1-4-7-15-28-29(26-22-25(31(34)35)16-17-27(26)36-28)30(33)24-14-10-12-23(21-24)13-11-20-32(18-8-5-2)19-9-6-3/h10-14,16-17,21-22H,4-9,15,18-20H2,1-3H3,(H,34,35)/b13-11-. The lowest BCUT2D eigenvalue weighted by atomic mass is 9.96. The number of carboxylic acids is 1. The zero-order chi connectivity index (χ0) is 25.9. The molecule has 0 aliphatic heterocycles. The highest BCUT2D eigenvalue weighted by Crippen LogP contribution is 2.30. The quantitative estimate of drug-likeness (QED) is 0.222. The van der Waals surface area contributed by atoms with Crippen molar-refractivity contribution in [2.75, 3.05) is 19.6 Å². The maximum absolute atomic E-state index is 13.7. The molecule has 0 aliphatic carbocycles. The largest absolute Gasteiger partial charge is 0.478 e. The molecule has 192 valence electrons. The zero-order valence-corrected chi connectivity index (χ0v) is 21.9. The minimum atomic E-state index is -1.02. The van der Waals surface area contributed by atoms with Crippen LogP contribution < -0.4 is 0 Å². The number of unbranched alkanes of at least 4 members (excludes halogenated alkanes) is 3. The summed E-state index contributed by atoms with van der Waals surface area (Å²) in [5.41, 5.74) is 2.72. The van der Waals surface area contributed by atoms with Crippen LogP contribution in [-0.2, 0) is 6.42 Å². The average molecular weight is 490 g/mol. The number of fused-ring (bicyclic) bond motifs is 1. The first-order valence-corrected chi connectivity index (χ1v) is 13.3. The molecule has 0 atom stereocenters. The van der Waals surface area contributed by atoms with Crippen LogP contribution in [0.2, 0.25) is 0 Å². The number of furan rings is 1. The molecule has 0 spiro atoms. The highest BCUT2D eigenvalue weighted by Gasteiger charge is 2.23. The van der Waals surface area contributed by atoms with Crippen molar-refractivity contribution >= 4 is 28.8 Å². The SMILES string of the molecule is CCCCc1oc2ccc(C(=O)O)cc2c1C(=O)c1cccc(/C=C\CN(CCCC)CCCC)c1. The van der Waals surface area contributed by atoms with Crippen molar-refractivity contribution in [3.8, 4) is 0 Å². The minimum absolute atomic E-state index is 0.134. The average Bonchev–Trinajstić information content (AvgIpc) is 3.25. The molecule has 1 aromatic heterocycles. The molecule has 1 N–H and O–H groups in total. The van der Waals surface area contributed by atoms with Gasteiger partial charge in [-0.2, -0.15) is 0 Å². The van der Waals surface area contributed by atoms with E-state index in [2.05, 4.69) is 37.8 Å². The molecule has 0 saturated heterocycles. The monoisotopic (exact) mass is 489 g/mol. The Hall–Kier alpha value is -3.18. The number of aromatic carboxylic acids is 1. The van der Waals surface area contributed by atoms with Gasteiger partial charge >= 0.3 is 5.97 Å². The zero-order valence-electron chi connectivity index (χ0n) is 21.9. The van der Waals surface area contributed by atoms with E-state index in [0.29, 0.717) is 34.3 Å². The highest BCUT2D eigenvalue weighted by atomic mass is 16.4. The first-order chi connectivity index (χ1) is 17.5. The molecule has 3 aromatic rings. The Kier molecular flexibility index (Phi) is 10.5. The van der Waals surface area contributed by atoms with Crippen LogP contribution >= 0.6 is 0 Å². The maximum Gasteiger partial charge on any atom is 0.335 e. The van der Waals surface area contributed by atoms with Crippen molar-refractivity contribution in [3.63, 3.8) is 0 Å². The van der Waals surface area contributed by atoms with Crippen LogP contribution in [0.5, 0.6) is 0 Å². The molecular weight excluding hydrogens is 450 g/mol. The Morgan fingerprint density at radius 1 is 0.917 bits per heavy atom. The van der Waals surface area contributed by atoms with E-state index in [4.69, 9.17) is 4.42 Å². The van der Waals surface area contributed by atoms with Crippen molar-refractivity contribution in [1.82, 2.24) is 4.90 Å². The number of hydrogen-bond donors (Lipinski definition) is 1. The summed E-state index contributed by atoms with van der Waals surface area (Å²) < 4.78 is 6.03. The molecule has 0 bridgehead atoms. The van der Waals surface area contributed by atoms with Crippen LogP contribution in [0.3, 0.4) is 0 Å². The van der Waals surface area contributed by atoms with E-state index < -0.39 is 5.97 Å². The first kappa shape index (κ1) is 27.4. The summed E-state index contributed by atoms with van der Waals surface area (Å²) in [7, 11) is 0. The number of rotatable bonds is 15. The lowest BCUT2D eigenvalue weighted by Crippen LogP contribution is -2.26. The second-order valence-electron chi connectivity index (χ2n) is 9.38. The van der Waals surface area contributed by atoms with E-state index in [-0.39, 0.29) is 11.3 Å². The summed E-state index contributed by atoms with van der Waals surface area (Å²) in [6.07, 6.45) is 11.5. The Morgan fingerprint density at radius 2 is 1.64 bits per heavy atom. The van der Waals surface area contributed by atoms with Crippen molar-refractivity contribution < 1.29 is 19.1 Å². The van der Waals surface area contributed by atoms with Crippen LogP contribution in [-0.4, -0.2) is 41.4 Å². The van der Waals surface area contributed by atoms with Crippen molar-refractivity contribution in [2.45, 2.75) is 65.7 Å². The van der Waals surface area contributed by atoms with Gasteiger partial charge in [-0.15, -0.1) is 0 Å². The highest BCUT2D eigenvalue weighted by molar-refractivity contribution is 6.17. The van der Waals surface area contributed by atoms with Crippen LogP contribution in [0, 0.1) is 0 Å². The van der Waals surface area contributed by atoms with Crippen molar-refractivity contribution in [2.24, 2.45) is 0 Å². The van der Waals surface area contributed by atoms with Crippen LogP contribution in [0.25, 0.3) is 17.0 Å². The number of benzene rings is 2. The summed E-state index contributed by atoms with van der Waals surface area (Å²) in [5, 5.41) is 10.0. The third kappa shape index (κ3) is 7.17. The molecule has 1 heterocycles. The predicted octanol–water partition coefficient (Wildman–Crippen LogP) is 7.62. The normalized spacial score (nSPS) is 11.7. The van der Waals surface area contributed by atoms with E-state index in [0.717, 1.165) is 38.0 Å². The van der Waals surface area contributed by atoms with Gasteiger partial charge in [0.05, 0.1) is 11.1 Å². The van der Waals surface area contributed by atoms with Crippen molar-refractivity contribution in [1.29, 1.82) is 0 Å². The molecule has 36 heavy (non-hydrogen) atoms. The predicted molar refractivity (Wildman–Crippen MR) is 147 cm³/mol. The second-order valence-corrected chi connectivity index (χ2v) is 9.38. The lowest BCUT2D eigenvalue weighted by Gasteiger charge is -2.19. The number of aryl methyl sites for hydroxylation is 1. The molecule has 2 aromatic carbocycles. The Balaban J connectivity index is 1.87. The van der Waals surface area contributed by atoms with Gasteiger partial charge in [-0.05, 0) is 62.2 Å². The van der Waals surface area contributed by atoms with Gasteiger partial charge in [0.25, 0.3) is 0 Å². The van der Waals surface area contributed by atoms with E-state index in [1.54, 1.807) is 12.1 Å². The summed E-state index contributed by atoms with van der Waals surface area (Å²) in [4.78, 5) is 27.8. The number of nitrogens with zero attached hydrogens (tertiary/aromatic N) is 1. The molecule has 5 nitrogen and oxygen atoms in total. The third-order valence-electron chi connectivity index (χ3n) is 6.47. The summed E-state index contributed by atoms with van der Waals surface area (Å²) in [5.74, 6) is -0.529. The number of carbonyl (C=O) groups excluding carboxylic acids is 1. The van der Waals surface area contributed by atoms with Crippen LogP contribution in [0.1, 0.15) is 96.9 Å². The molecule has 0 aliphatic rings. The van der Waals surface area contributed by atoms with Gasteiger partial charge in [0.1, 0.15) is 11.3 Å². The third-order valence-corrected chi connectivity index (χ3v) is 6.47. The topological polar surface area (TPSA) is 70.7 Å². The van der Waals surface area contributed by atoms with Gasteiger partial charge < -0.3 is 9.52 Å². The fourth-order valence-electron chi connectivity index (χ4n) is 4.37. The minimum Gasteiger partial charge on any atom is -0.478 e. The summed E-state index contributed by atoms with van der Waals surface area (Å²) in [6.45, 7) is 9.63. The Labute approximate surface area is 214 Å². The molecule has 5 heteroatoms. The van der Waals surface area contributed by atoms with Crippen LogP contribution in [0.4, 0.5) is 0 Å². The van der Waals surface area contributed by atoms with E-state index in [1.165, 1.54) is 31.7 Å². The van der Waals surface area contributed by atoms with E-state index in [1.807, 2.05) is 24.3 Å². The molecule has 0 saturated carbocycles. The number of ketones is 1. The Morgan fingerprint density at radius 3 is 2.31 bits per heavy atom. The molecule has 0 unspecified atom stereocenters. The van der Waals surface area contributed by atoms with E-state index >= 15 is 0 Å². The van der Waals surface area contributed by atoms with Crippen molar-refractivity contribution in [3.05, 3.63) is 76.6 Å². The first-order valence-electron chi connectivity index (χ1n) is 13.3. The van der Waals surface area contributed by atoms with Gasteiger partial charge in [0.2, 0.25) is 0 Å². The fraction of sp³-hybridized carbons (Fsp3) is 0.419. The maximum atomic E-state index is 13.7. The van der Waals surface area contributed by atoms with E-state index in [9.17, 15) is 14.7 Å². The van der Waals surface area contributed by atoms with Crippen LogP contribution in [0.15, 0.2) is 53.0 Å². The Bertz CT molecular complexity index is 1180. The van der Waals surface area contributed by atoms with Gasteiger partial charge in [-0.1, -0.05) is 70.4 Å². The number of carbonyl (C=O) groups is 2. The summed E-state index contributed by atoms with van der Waals surface area (Å²) >= 11 is 0. The van der Waals surface area contributed by atoms with Gasteiger partial charge in [0.15, 0.2) is 5.78 Å².